The van der Waals surface area contributed by atoms with Crippen molar-refractivity contribution >= 4 is 38.8 Å². The van der Waals surface area contributed by atoms with Crippen molar-refractivity contribution in [2.75, 3.05) is 10.0 Å². The predicted molar refractivity (Wildman–Crippen MR) is 106 cm³/mol. The van der Waals surface area contributed by atoms with E-state index in [4.69, 9.17) is 11.6 Å². The molecular formula is C19H18ClN3O2S. The second kappa shape index (κ2) is 7.35. The van der Waals surface area contributed by atoms with Crippen molar-refractivity contribution < 1.29 is 8.42 Å². The number of nitrogens with zero attached hydrogens (tertiary/aromatic N) is 1. The van der Waals surface area contributed by atoms with Crippen LogP contribution in [0.3, 0.4) is 0 Å². The van der Waals surface area contributed by atoms with Crippen molar-refractivity contribution in [2.45, 2.75) is 18.7 Å². The number of rotatable bonds is 5. The molecule has 0 radical (unpaired) electrons. The standard InChI is InChI=1S/C19H18ClN3O2S/c1-13-6-8-18(14(2)10-13)26(24,25)23-19-9-7-17(12-21-19)22-16-5-3-4-15(20)11-16/h3-12,22H,1-2H3,(H,21,23). The van der Waals surface area contributed by atoms with Gasteiger partial charge in [-0.1, -0.05) is 35.4 Å². The van der Waals surface area contributed by atoms with E-state index in [0.29, 0.717) is 10.6 Å². The van der Waals surface area contributed by atoms with Gasteiger partial charge in [-0.2, -0.15) is 0 Å². The Hall–Kier alpha value is -2.57. The van der Waals surface area contributed by atoms with Gasteiger partial charge in [0.15, 0.2) is 0 Å². The highest BCUT2D eigenvalue weighted by atomic mass is 35.5. The zero-order valence-corrected chi connectivity index (χ0v) is 15.9. The minimum absolute atomic E-state index is 0.242. The van der Waals surface area contributed by atoms with Gasteiger partial charge >= 0.3 is 0 Å². The van der Waals surface area contributed by atoms with Crippen LogP contribution in [-0.4, -0.2) is 13.4 Å². The van der Waals surface area contributed by atoms with E-state index >= 15 is 0 Å². The first-order chi connectivity index (χ1) is 12.3. The normalized spacial score (nSPS) is 11.2. The Kier molecular flexibility index (Phi) is 5.15. The van der Waals surface area contributed by atoms with Crippen LogP contribution in [0.1, 0.15) is 11.1 Å². The molecule has 2 N–H and O–H groups in total. The number of hydrogen-bond donors (Lipinski definition) is 2. The molecule has 5 nitrogen and oxygen atoms in total. The molecule has 3 rings (SSSR count). The van der Waals surface area contributed by atoms with E-state index in [2.05, 4.69) is 15.0 Å². The molecule has 7 heteroatoms. The Morgan fingerprint density at radius 3 is 2.42 bits per heavy atom. The minimum Gasteiger partial charge on any atom is -0.354 e. The lowest BCUT2D eigenvalue weighted by atomic mass is 10.2. The summed E-state index contributed by atoms with van der Waals surface area (Å²) in [5.41, 5.74) is 3.25. The summed E-state index contributed by atoms with van der Waals surface area (Å²) in [5, 5.41) is 3.78. The number of sulfonamides is 1. The van der Waals surface area contributed by atoms with Gasteiger partial charge in [-0.3, -0.25) is 4.72 Å². The summed E-state index contributed by atoms with van der Waals surface area (Å²) < 4.78 is 27.6. The summed E-state index contributed by atoms with van der Waals surface area (Å²) in [6, 6.07) is 15.8. The maximum Gasteiger partial charge on any atom is 0.263 e. The number of halogens is 1. The lowest BCUT2D eigenvalue weighted by Crippen LogP contribution is -2.15. The largest absolute Gasteiger partial charge is 0.354 e. The molecule has 26 heavy (non-hydrogen) atoms. The quantitative estimate of drug-likeness (QED) is 0.653. The fourth-order valence-electron chi connectivity index (χ4n) is 2.55. The molecule has 0 fully saturated rings. The highest BCUT2D eigenvalue weighted by Crippen LogP contribution is 2.22. The van der Waals surface area contributed by atoms with Crippen LogP contribution in [0.2, 0.25) is 5.02 Å². The number of aromatic nitrogens is 1. The first kappa shape index (κ1) is 18.2. The van der Waals surface area contributed by atoms with Crippen molar-refractivity contribution in [2.24, 2.45) is 0 Å². The lowest BCUT2D eigenvalue weighted by Gasteiger charge is -2.11. The second-order valence-corrected chi connectivity index (χ2v) is 8.03. The van der Waals surface area contributed by atoms with E-state index in [1.54, 1.807) is 49.5 Å². The van der Waals surface area contributed by atoms with E-state index in [9.17, 15) is 8.42 Å². The maximum absolute atomic E-state index is 12.6. The van der Waals surface area contributed by atoms with Crippen LogP contribution in [0.4, 0.5) is 17.2 Å². The molecule has 0 unspecified atom stereocenters. The van der Waals surface area contributed by atoms with E-state index in [0.717, 1.165) is 16.9 Å². The Bertz CT molecular complexity index is 1030. The van der Waals surface area contributed by atoms with Crippen LogP contribution in [0.5, 0.6) is 0 Å². The van der Waals surface area contributed by atoms with E-state index in [1.165, 1.54) is 0 Å². The third-order valence-corrected chi connectivity index (χ3v) is 5.49. The monoisotopic (exact) mass is 387 g/mol. The first-order valence-corrected chi connectivity index (χ1v) is 9.78. The van der Waals surface area contributed by atoms with Gasteiger partial charge < -0.3 is 5.32 Å². The first-order valence-electron chi connectivity index (χ1n) is 7.92. The van der Waals surface area contributed by atoms with Gasteiger partial charge in [0, 0.05) is 10.7 Å². The second-order valence-electron chi connectivity index (χ2n) is 5.94. The van der Waals surface area contributed by atoms with Crippen LogP contribution in [-0.2, 0) is 10.0 Å². The van der Waals surface area contributed by atoms with Gasteiger partial charge in [0.25, 0.3) is 10.0 Å². The predicted octanol–water partition coefficient (Wildman–Crippen LogP) is 4.90. The molecule has 2 aromatic carbocycles. The molecule has 1 heterocycles. The fourth-order valence-corrected chi connectivity index (χ4v) is 3.98. The van der Waals surface area contributed by atoms with E-state index < -0.39 is 10.0 Å². The zero-order valence-electron chi connectivity index (χ0n) is 14.3. The van der Waals surface area contributed by atoms with Gasteiger partial charge in [-0.25, -0.2) is 13.4 Å². The zero-order chi connectivity index (χ0) is 18.7. The highest BCUT2D eigenvalue weighted by Gasteiger charge is 2.17. The van der Waals surface area contributed by atoms with Crippen LogP contribution in [0.15, 0.2) is 65.7 Å². The van der Waals surface area contributed by atoms with Crippen LogP contribution in [0, 0.1) is 13.8 Å². The van der Waals surface area contributed by atoms with Crippen LogP contribution < -0.4 is 10.0 Å². The Morgan fingerprint density at radius 2 is 1.77 bits per heavy atom. The molecule has 0 aliphatic heterocycles. The molecule has 3 aromatic rings. The molecule has 0 spiro atoms. The average molecular weight is 388 g/mol. The number of benzene rings is 2. The van der Waals surface area contributed by atoms with Crippen molar-refractivity contribution in [1.82, 2.24) is 4.98 Å². The molecule has 0 atom stereocenters. The van der Waals surface area contributed by atoms with Crippen molar-refractivity contribution in [3.63, 3.8) is 0 Å². The Morgan fingerprint density at radius 1 is 0.962 bits per heavy atom. The third-order valence-electron chi connectivity index (χ3n) is 3.74. The molecule has 134 valence electrons. The van der Waals surface area contributed by atoms with Crippen LogP contribution in [0.25, 0.3) is 0 Å². The molecule has 0 amide bonds. The lowest BCUT2D eigenvalue weighted by molar-refractivity contribution is 0.600. The summed E-state index contributed by atoms with van der Waals surface area (Å²) >= 11 is 5.96. The molecule has 1 aromatic heterocycles. The maximum atomic E-state index is 12.6. The van der Waals surface area contributed by atoms with Crippen LogP contribution >= 0.6 is 11.6 Å². The number of hydrogen-bond acceptors (Lipinski definition) is 4. The topological polar surface area (TPSA) is 71.1 Å². The molecule has 0 aliphatic rings. The Labute approximate surface area is 158 Å². The number of pyridine rings is 1. The SMILES string of the molecule is Cc1ccc(S(=O)(=O)Nc2ccc(Nc3cccc(Cl)c3)cn2)c(C)c1. The van der Waals surface area contributed by atoms with Crippen molar-refractivity contribution in [1.29, 1.82) is 0 Å². The highest BCUT2D eigenvalue weighted by molar-refractivity contribution is 7.92. The van der Waals surface area contributed by atoms with E-state index in [-0.39, 0.29) is 10.7 Å². The molecule has 0 saturated heterocycles. The minimum atomic E-state index is -3.69. The van der Waals surface area contributed by atoms with Crippen molar-refractivity contribution in [3.05, 3.63) is 76.9 Å². The Balaban J connectivity index is 1.76. The number of aryl methyl sites for hydroxylation is 2. The van der Waals surface area contributed by atoms with Gasteiger partial charge in [-0.15, -0.1) is 0 Å². The smallest absolute Gasteiger partial charge is 0.263 e. The fraction of sp³-hybridized carbons (Fsp3) is 0.105. The molecule has 0 aliphatic carbocycles. The molecular weight excluding hydrogens is 370 g/mol. The van der Waals surface area contributed by atoms with Gasteiger partial charge in [0.2, 0.25) is 0 Å². The van der Waals surface area contributed by atoms with Gasteiger partial charge in [-0.05, 0) is 55.8 Å². The summed E-state index contributed by atoms with van der Waals surface area (Å²) in [6.07, 6.45) is 1.56. The number of nitrogens with one attached hydrogen (secondary N) is 2. The van der Waals surface area contributed by atoms with Crippen molar-refractivity contribution in [3.8, 4) is 0 Å². The average Bonchev–Trinajstić information content (AvgIpc) is 2.56. The van der Waals surface area contributed by atoms with Gasteiger partial charge in [0.1, 0.15) is 5.82 Å². The summed E-state index contributed by atoms with van der Waals surface area (Å²) in [5.74, 6) is 0.251. The van der Waals surface area contributed by atoms with E-state index in [1.807, 2.05) is 25.1 Å². The summed E-state index contributed by atoms with van der Waals surface area (Å²) in [7, 11) is -3.69. The van der Waals surface area contributed by atoms with Gasteiger partial charge in [0.05, 0.1) is 16.8 Å². The molecule has 0 saturated carbocycles. The molecule has 0 bridgehead atoms. The summed E-state index contributed by atoms with van der Waals surface area (Å²) in [6.45, 7) is 3.69. The number of anilines is 3. The summed E-state index contributed by atoms with van der Waals surface area (Å²) in [4.78, 5) is 4.41. The third kappa shape index (κ3) is 4.33.